The van der Waals surface area contributed by atoms with Crippen LogP contribution >= 0.6 is 0 Å². The summed E-state index contributed by atoms with van der Waals surface area (Å²) < 4.78 is 0. The normalized spacial score (nSPS) is 14.9. The van der Waals surface area contributed by atoms with Gasteiger partial charge in [-0.3, -0.25) is 4.79 Å². The van der Waals surface area contributed by atoms with Gasteiger partial charge >= 0.3 is 6.03 Å². The van der Waals surface area contributed by atoms with Crippen LogP contribution in [0.5, 0.6) is 0 Å². The number of carbonyl (C=O) groups excluding carboxylic acids is 2. The van der Waals surface area contributed by atoms with E-state index in [1.165, 1.54) is 19.3 Å². The van der Waals surface area contributed by atoms with E-state index in [1.807, 2.05) is 19.1 Å². The van der Waals surface area contributed by atoms with Crippen LogP contribution in [-0.4, -0.2) is 24.5 Å². The van der Waals surface area contributed by atoms with Crippen molar-refractivity contribution in [3.8, 4) is 0 Å². The molecular formula is C18H28N4O2. The van der Waals surface area contributed by atoms with Gasteiger partial charge in [-0.05, 0) is 37.0 Å². The highest BCUT2D eigenvalue weighted by molar-refractivity contribution is 5.94. The second-order valence-corrected chi connectivity index (χ2v) is 6.25. The topological polar surface area (TPSA) is 96.2 Å². The lowest BCUT2D eigenvalue weighted by Crippen LogP contribution is -2.39. The number of nitrogens with two attached hydrogens (primary N) is 1. The first-order valence-electron chi connectivity index (χ1n) is 8.82. The SMILES string of the molecule is CCc1ccc(NC(=O)NC2CCCCC2)cc1NC(=O)CCN. The molecule has 1 aliphatic rings. The molecule has 2 rings (SSSR count). The van der Waals surface area contributed by atoms with Crippen LogP contribution < -0.4 is 21.7 Å². The van der Waals surface area contributed by atoms with Gasteiger partial charge in [-0.25, -0.2) is 4.79 Å². The Morgan fingerprint density at radius 1 is 1.17 bits per heavy atom. The highest BCUT2D eigenvalue weighted by Gasteiger charge is 2.16. The minimum Gasteiger partial charge on any atom is -0.335 e. The van der Waals surface area contributed by atoms with Gasteiger partial charge in [0.1, 0.15) is 0 Å². The first-order chi connectivity index (χ1) is 11.6. The summed E-state index contributed by atoms with van der Waals surface area (Å²) in [4.78, 5) is 23.9. The fraction of sp³-hybridized carbons (Fsp3) is 0.556. The van der Waals surface area contributed by atoms with E-state index in [4.69, 9.17) is 5.73 Å². The molecule has 5 N–H and O–H groups in total. The number of hydrogen-bond acceptors (Lipinski definition) is 3. The van der Waals surface area contributed by atoms with E-state index in [9.17, 15) is 9.59 Å². The molecule has 0 heterocycles. The zero-order valence-corrected chi connectivity index (χ0v) is 14.4. The van der Waals surface area contributed by atoms with E-state index in [2.05, 4.69) is 16.0 Å². The van der Waals surface area contributed by atoms with Gasteiger partial charge in [0.15, 0.2) is 0 Å². The Hall–Kier alpha value is -2.08. The van der Waals surface area contributed by atoms with Crippen molar-refractivity contribution in [2.75, 3.05) is 17.2 Å². The molecule has 1 fully saturated rings. The fourth-order valence-electron chi connectivity index (χ4n) is 3.02. The van der Waals surface area contributed by atoms with E-state index >= 15 is 0 Å². The van der Waals surface area contributed by atoms with Crippen LogP contribution in [0.25, 0.3) is 0 Å². The summed E-state index contributed by atoms with van der Waals surface area (Å²) >= 11 is 0. The Labute approximate surface area is 143 Å². The highest BCUT2D eigenvalue weighted by Crippen LogP contribution is 2.22. The Morgan fingerprint density at radius 3 is 2.58 bits per heavy atom. The lowest BCUT2D eigenvalue weighted by Gasteiger charge is -2.23. The van der Waals surface area contributed by atoms with Crippen LogP contribution in [0.3, 0.4) is 0 Å². The van der Waals surface area contributed by atoms with Crippen LogP contribution in [0.2, 0.25) is 0 Å². The Bertz CT molecular complexity index is 568. The van der Waals surface area contributed by atoms with Gasteiger partial charge in [-0.15, -0.1) is 0 Å². The number of benzene rings is 1. The van der Waals surface area contributed by atoms with E-state index < -0.39 is 0 Å². The molecule has 0 bridgehead atoms. The third kappa shape index (κ3) is 5.53. The number of hydrogen-bond donors (Lipinski definition) is 4. The molecule has 0 radical (unpaired) electrons. The van der Waals surface area contributed by atoms with E-state index in [-0.39, 0.29) is 24.4 Å². The van der Waals surface area contributed by atoms with Gasteiger partial charge in [0.05, 0.1) is 0 Å². The number of rotatable bonds is 6. The Morgan fingerprint density at radius 2 is 1.92 bits per heavy atom. The fourth-order valence-corrected chi connectivity index (χ4v) is 3.02. The van der Waals surface area contributed by atoms with Crippen LogP contribution in [0, 0.1) is 0 Å². The second kappa shape index (κ2) is 9.27. The molecule has 132 valence electrons. The summed E-state index contributed by atoms with van der Waals surface area (Å²) in [5.74, 6) is -0.115. The lowest BCUT2D eigenvalue weighted by atomic mass is 9.96. The van der Waals surface area contributed by atoms with Gasteiger partial charge in [0.25, 0.3) is 0 Å². The largest absolute Gasteiger partial charge is 0.335 e. The number of nitrogens with one attached hydrogen (secondary N) is 3. The van der Waals surface area contributed by atoms with E-state index in [0.717, 1.165) is 30.5 Å². The molecule has 3 amide bonds. The molecule has 0 unspecified atom stereocenters. The molecule has 0 aliphatic heterocycles. The maximum Gasteiger partial charge on any atom is 0.319 e. The average molecular weight is 332 g/mol. The molecule has 1 aromatic rings. The number of amides is 3. The van der Waals surface area contributed by atoms with Crippen molar-refractivity contribution in [3.05, 3.63) is 23.8 Å². The summed E-state index contributed by atoms with van der Waals surface area (Å²) in [6.45, 7) is 2.34. The molecule has 1 aliphatic carbocycles. The smallest absolute Gasteiger partial charge is 0.319 e. The summed E-state index contributed by atoms with van der Waals surface area (Å²) in [5, 5.41) is 8.75. The van der Waals surface area contributed by atoms with Crippen molar-refractivity contribution >= 4 is 23.3 Å². The second-order valence-electron chi connectivity index (χ2n) is 6.25. The summed E-state index contributed by atoms with van der Waals surface area (Å²) in [7, 11) is 0. The number of urea groups is 1. The number of carbonyl (C=O) groups is 2. The monoisotopic (exact) mass is 332 g/mol. The average Bonchev–Trinajstić information content (AvgIpc) is 2.56. The summed E-state index contributed by atoms with van der Waals surface area (Å²) in [6, 6.07) is 5.66. The molecule has 0 spiro atoms. The molecule has 6 heteroatoms. The van der Waals surface area contributed by atoms with Crippen molar-refractivity contribution in [1.29, 1.82) is 0 Å². The van der Waals surface area contributed by atoms with Gasteiger partial charge in [0, 0.05) is 30.4 Å². The predicted molar refractivity (Wildman–Crippen MR) is 97.1 cm³/mol. The predicted octanol–water partition coefficient (Wildman–Crippen LogP) is 2.99. The molecule has 1 aromatic carbocycles. The third-order valence-corrected chi connectivity index (χ3v) is 4.33. The van der Waals surface area contributed by atoms with E-state index in [1.54, 1.807) is 6.07 Å². The molecule has 6 nitrogen and oxygen atoms in total. The standard InChI is InChI=1S/C18H28N4O2/c1-2-13-8-9-15(12-16(13)22-17(23)10-11-19)21-18(24)20-14-6-4-3-5-7-14/h8-9,12,14H,2-7,10-11,19H2,1H3,(H,22,23)(H2,20,21,24). The van der Waals surface area contributed by atoms with Crippen LogP contribution in [0.4, 0.5) is 16.2 Å². The molecule has 0 saturated heterocycles. The Kier molecular flexibility index (Phi) is 7.06. The molecule has 0 aromatic heterocycles. The maximum atomic E-state index is 12.1. The third-order valence-electron chi connectivity index (χ3n) is 4.33. The molecule has 1 saturated carbocycles. The van der Waals surface area contributed by atoms with Crippen molar-refractivity contribution < 1.29 is 9.59 Å². The molecule has 24 heavy (non-hydrogen) atoms. The zero-order valence-electron chi connectivity index (χ0n) is 14.4. The minimum atomic E-state index is -0.189. The highest BCUT2D eigenvalue weighted by atomic mass is 16.2. The van der Waals surface area contributed by atoms with Crippen LogP contribution in [0.15, 0.2) is 18.2 Å². The Balaban J connectivity index is 1.98. The number of anilines is 2. The number of aryl methyl sites for hydroxylation is 1. The first kappa shape index (κ1) is 18.3. The van der Waals surface area contributed by atoms with Gasteiger partial charge in [-0.2, -0.15) is 0 Å². The zero-order chi connectivity index (χ0) is 17.4. The van der Waals surface area contributed by atoms with Gasteiger partial charge in [0.2, 0.25) is 5.91 Å². The maximum absolute atomic E-state index is 12.1. The quantitative estimate of drug-likeness (QED) is 0.645. The van der Waals surface area contributed by atoms with Gasteiger partial charge in [-0.1, -0.05) is 32.3 Å². The first-order valence-corrected chi connectivity index (χ1v) is 8.82. The van der Waals surface area contributed by atoms with Crippen molar-refractivity contribution in [1.82, 2.24) is 5.32 Å². The van der Waals surface area contributed by atoms with Crippen LogP contribution in [0.1, 0.15) is 51.0 Å². The molecule has 0 atom stereocenters. The van der Waals surface area contributed by atoms with Crippen molar-refractivity contribution in [3.63, 3.8) is 0 Å². The van der Waals surface area contributed by atoms with Crippen molar-refractivity contribution in [2.45, 2.75) is 57.9 Å². The minimum absolute atomic E-state index is 0.115. The van der Waals surface area contributed by atoms with E-state index in [0.29, 0.717) is 12.2 Å². The summed E-state index contributed by atoms with van der Waals surface area (Å²) in [6.07, 6.45) is 6.77. The van der Waals surface area contributed by atoms with Crippen LogP contribution in [-0.2, 0) is 11.2 Å². The molecular weight excluding hydrogens is 304 g/mol. The lowest BCUT2D eigenvalue weighted by molar-refractivity contribution is -0.116. The van der Waals surface area contributed by atoms with Crippen molar-refractivity contribution in [2.24, 2.45) is 5.73 Å². The summed E-state index contributed by atoms with van der Waals surface area (Å²) in [5.41, 5.74) is 7.84. The van der Waals surface area contributed by atoms with Gasteiger partial charge < -0.3 is 21.7 Å².